The molecule has 0 bridgehead atoms. The number of likely N-dealkylation sites (tertiary alicyclic amines) is 1. The first-order chi connectivity index (χ1) is 16.9. The second kappa shape index (κ2) is 16.8. The van der Waals surface area contributed by atoms with Crippen LogP contribution in [-0.2, 0) is 28.5 Å². The van der Waals surface area contributed by atoms with Crippen molar-refractivity contribution in [3.8, 4) is 0 Å². The maximum absolute atomic E-state index is 12.4. The Bertz CT molecular complexity index is 717. The summed E-state index contributed by atoms with van der Waals surface area (Å²) in [7, 11) is 0. The summed E-state index contributed by atoms with van der Waals surface area (Å²) in [5.41, 5.74) is 1.37. The van der Waals surface area contributed by atoms with E-state index in [1.54, 1.807) is 0 Å². The zero-order chi connectivity index (χ0) is 25.5. The number of amides is 1. The van der Waals surface area contributed by atoms with Gasteiger partial charge in [-0.1, -0.05) is 58.0 Å². The first-order valence-corrected chi connectivity index (χ1v) is 13.1. The Hall–Kier alpha value is -1.80. The van der Waals surface area contributed by atoms with E-state index in [1.165, 1.54) is 5.56 Å². The summed E-state index contributed by atoms with van der Waals surface area (Å²) in [6.07, 6.45) is 0.869. The Labute approximate surface area is 211 Å². The minimum Gasteiger partial charge on any atom is -0.379 e. The van der Waals surface area contributed by atoms with Crippen molar-refractivity contribution in [2.75, 3.05) is 65.9 Å². The maximum atomic E-state index is 12.4. The molecule has 198 valence electrons. The van der Waals surface area contributed by atoms with Gasteiger partial charge in [0.05, 0.1) is 59.3 Å². The van der Waals surface area contributed by atoms with Gasteiger partial charge in [0.25, 0.3) is 0 Å². The number of ether oxygens (including phenoxy) is 4. The van der Waals surface area contributed by atoms with E-state index < -0.39 is 0 Å². The highest BCUT2D eigenvalue weighted by atomic mass is 16.6. The first-order valence-electron chi connectivity index (χ1n) is 13.1. The number of rotatable bonds is 19. The molecule has 0 saturated carbocycles. The summed E-state index contributed by atoms with van der Waals surface area (Å²) < 4.78 is 21.9. The number of ketones is 1. The van der Waals surface area contributed by atoms with Crippen molar-refractivity contribution in [2.24, 2.45) is 17.8 Å². The van der Waals surface area contributed by atoms with E-state index in [4.69, 9.17) is 18.9 Å². The predicted octanol–water partition coefficient (Wildman–Crippen LogP) is 3.96. The van der Waals surface area contributed by atoms with Crippen molar-refractivity contribution in [1.29, 1.82) is 0 Å². The topological polar surface area (TPSA) is 74.3 Å². The van der Waals surface area contributed by atoms with E-state index in [1.807, 2.05) is 18.7 Å². The van der Waals surface area contributed by atoms with Crippen LogP contribution in [0, 0.1) is 17.8 Å². The molecule has 0 radical (unpaired) electrons. The third-order valence-corrected chi connectivity index (χ3v) is 6.39. The second-order valence-electron chi connectivity index (χ2n) is 9.81. The van der Waals surface area contributed by atoms with Crippen LogP contribution in [0.25, 0.3) is 0 Å². The fourth-order valence-electron chi connectivity index (χ4n) is 4.36. The normalized spacial score (nSPS) is 15.0. The van der Waals surface area contributed by atoms with Crippen LogP contribution in [0.15, 0.2) is 30.3 Å². The van der Waals surface area contributed by atoms with E-state index in [2.05, 4.69) is 44.2 Å². The predicted molar refractivity (Wildman–Crippen MR) is 136 cm³/mol. The van der Waals surface area contributed by atoms with Gasteiger partial charge < -0.3 is 23.8 Å². The standard InChI is InChI=1S/C28H45NO6/c1-22(2)26(30)10-12-32-14-16-34-18-19-35-17-15-33-13-11-27(31)29-20-25(21-29)28(23(3)4)24-8-6-5-7-9-24/h5-9,22-23,25,28H,10-21H2,1-4H3/t28-/m1/s1. The summed E-state index contributed by atoms with van der Waals surface area (Å²) in [5, 5.41) is 0. The van der Waals surface area contributed by atoms with Crippen LogP contribution in [-0.4, -0.2) is 82.5 Å². The number of Topliss-reactive ketones (excluding diaryl/α,β-unsaturated/α-hetero) is 1. The SMILES string of the molecule is CC(C)C(=O)CCOCCOCCOCCOCCC(=O)N1CC([C@@H](c2ccccc2)C(C)C)C1. The lowest BCUT2D eigenvalue weighted by Crippen LogP contribution is -2.53. The van der Waals surface area contributed by atoms with Crippen LogP contribution in [0.3, 0.4) is 0 Å². The summed E-state index contributed by atoms with van der Waals surface area (Å²) in [6, 6.07) is 10.6. The van der Waals surface area contributed by atoms with Crippen LogP contribution >= 0.6 is 0 Å². The van der Waals surface area contributed by atoms with Gasteiger partial charge in [0.2, 0.25) is 5.91 Å². The van der Waals surface area contributed by atoms with Crippen LogP contribution in [0.4, 0.5) is 0 Å². The molecule has 7 nitrogen and oxygen atoms in total. The third-order valence-electron chi connectivity index (χ3n) is 6.39. The Morgan fingerprint density at radius 2 is 1.26 bits per heavy atom. The molecule has 0 unspecified atom stereocenters. The van der Waals surface area contributed by atoms with E-state index >= 15 is 0 Å². The van der Waals surface area contributed by atoms with Crippen LogP contribution in [0.5, 0.6) is 0 Å². The van der Waals surface area contributed by atoms with Crippen LogP contribution in [0.1, 0.15) is 52.0 Å². The third kappa shape index (κ3) is 11.2. The van der Waals surface area contributed by atoms with E-state index in [0.29, 0.717) is 83.5 Å². The van der Waals surface area contributed by atoms with Gasteiger partial charge in [-0.25, -0.2) is 0 Å². The molecule has 1 aromatic rings. The van der Waals surface area contributed by atoms with Gasteiger partial charge in [0, 0.05) is 31.3 Å². The summed E-state index contributed by atoms with van der Waals surface area (Å²) >= 11 is 0. The van der Waals surface area contributed by atoms with Gasteiger partial charge in [-0.3, -0.25) is 9.59 Å². The largest absolute Gasteiger partial charge is 0.379 e. The molecule has 1 amide bonds. The zero-order valence-corrected chi connectivity index (χ0v) is 22.1. The lowest BCUT2D eigenvalue weighted by Gasteiger charge is -2.45. The maximum Gasteiger partial charge on any atom is 0.224 e. The molecule has 0 N–H and O–H groups in total. The Morgan fingerprint density at radius 3 is 1.74 bits per heavy atom. The number of carbonyl (C=O) groups excluding carboxylic acids is 2. The van der Waals surface area contributed by atoms with Crippen LogP contribution in [0.2, 0.25) is 0 Å². The molecule has 1 aromatic carbocycles. The summed E-state index contributed by atoms with van der Waals surface area (Å²) in [4.78, 5) is 25.9. The molecule has 35 heavy (non-hydrogen) atoms. The second-order valence-corrected chi connectivity index (χ2v) is 9.81. The molecule has 2 rings (SSSR count). The minimum atomic E-state index is 0.0626. The van der Waals surface area contributed by atoms with Crippen molar-refractivity contribution in [3.05, 3.63) is 35.9 Å². The van der Waals surface area contributed by atoms with E-state index in [0.717, 1.165) is 13.1 Å². The minimum absolute atomic E-state index is 0.0626. The number of carbonyl (C=O) groups is 2. The molecule has 1 aliphatic rings. The van der Waals surface area contributed by atoms with Crippen molar-refractivity contribution < 1.29 is 28.5 Å². The van der Waals surface area contributed by atoms with Crippen molar-refractivity contribution >= 4 is 11.7 Å². The molecular formula is C28H45NO6. The molecule has 0 spiro atoms. The lowest BCUT2D eigenvalue weighted by atomic mass is 9.74. The van der Waals surface area contributed by atoms with Gasteiger partial charge in [-0.2, -0.15) is 0 Å². The summed E-state index contributed by atoms with van der Waals surface area (Å²) in [5.74, 6) is 2.02. The number of hydrogen-bond donors (Lipinski definition) is 0. The quantitative estimate of drug-likeness (QED) is 0.273. The number of benzene rings is 1. The van der Waals surface area contributed by atoms with Crippen molar-refractivity contribution in [3.63, 3.8) is 0 Å². The molecule has 7 heteroatoms. The molecule has 0 aromatic heterocycles. The van der Waals surface area contributed by atoms with Gasteiger partial charge in [-0.05, 0) is 17.4 Å². The molecular weight excluding hydrogens is 446 g/mol. The average molecular weight is 492 g/mol. The number of nitrogens with zero attached hydrogens (tertiary/aromatic N) is 1. The molecule has 1 fully saturated rings. The Morgan fingerprint density at radius 1 is 0.771 bits per heavy atom. The average Bonchev–Trinajstić information content (AvgIpc) is 2.81. The van der Waals surface area contributed by atoms with Gasteiger partial charge in [0.1, 0.15) is 5.78 Å². The highest BCUT2D eigenvalue weighted by molar-refractivity contribution is 5.80. The lowest BCUT2D eigenvalue weighted by molar-refractivity contribution is -0.139. The zero-order valence-electron chi connectivity index (χ0n) is 22.1. The van der Waals surface area contributed by atoms with Gasteiger partial charge >= 0.3 is 0 Å². The molecule has 1 atom stereocenters. The Balaban J connectivity index is 1.40. The summed E-state index contributed by atoms with van der Waals surface area (Å²) in [6.45, 7) is 13.7. The van der Waals surface area contributed by atoms with Gasteiger partial charge in [0.15, 0.2) is 0 Å². The highest BCUT2D eigenvalue weighted by Crippen LogP contribution is 2.37. The van der Waals surface area contributed by atoms with Crippen molar-refractivity contribution in [2.45, 2.75) is 46.5 Å². The van der Waals surface area contributed by atoms with E-state index in [9.17, 15) is 9.59 Å². The fourth-order valence-corrected chi connectivity index (χ4v) is 4.36. The monoisotopic (exact) mass is 491 g/mol. The van der Waals surface area contributed by atoms with Crippen molar-refractivity contribution in [1.82, 2.24) is 4.90 Å². The molecule has 1 saturated heterocycles. The fraction of sp³-hybridized carbons (Fsp3) is 0.714. The molecule has 1 heterocycles. The van der Waals surface area contributed by atoms with Crippen LogP contribution < -0.4 is 0 Å². The number of hydrogen-bond acceptors (Lipinski definition) is 6. The molecule has 1 aliphatic heterocycles. The first kappa shape index (κ1) is 29.4. The van der Waals surface area contributed by atoms with E-state index in [-0.39, 0.29) is 17.6 Å². The highest BCUT2D eigenvalue weighted by Gasteiger charge is 2.37. The smallest absolute Gasteiger partial charge is 0.224 e. The molecule has 0 aliphatic carbocycles. The Kier molecular flexibility index (Phi) is 14.1. The van der Waals surface area contributed by atoms with Gasteiger partial charge in [-0.15, -0.1) is 0 Å².